The first-order valence-electron chi connectivity index (χ1n) is 7.89. The van der Waals surface area contributed by atoms with Crippen LogP contribution in [-0.2, 0) is 0 Å². The largest absolute Gasteiger partial charge is 0.381 e. The van der Waals surface area contributed by atoms with Crippen LogP contribution >= 0.6 is 27.5 Å². The third-order valence-corrected chi connectivity index (χ3v) is 4.41. The fourth-order valence-corrected chi connectivity index (χ4v) is 3.12. The van der Waals surface area contributed by atoms with Gasteiger partial charge in [0.05, 0.1) is 10.7 Å². The molecule has 0 aromatic heterocycles. The zero-order valence-electron chi connectivity index (χ0n) is 12.7. The Labute approximate surface area is 137 Å². The normalized spacial score (nSPS) is 11.1. The van der Waals surface area contributed by atoms with Crippen molar-refractivity contribution in [3.8, 4) is 0 Å². The molecule has 20 heavy (non-hydrogen) atoms. The molecule has 1 nitrogen and oxygen atoms in total. The van der Waals surface area contributed by atoms with E-state index in [2.05, 4.69) is 41.2 Å². The van der Waals surface area contributed by atoms with Gasteiger partial charge in [-0.25, -0.2) is 0 Å². The Balaban J connectivity index is 2.56. The highest BCUT2D eigenvalue weighted by atomic mass is 79.9. The van der Waals surface area contributed by atoms with E-state index in [0.717, 1.165) is 15.2 Å². The molecule has 0 unspecified atom stereocenters. The second-order valence-corrected chi connectivity index (χ2v) is 6.78. The molecule has 1 aromatic carbocycles. The molecule has 0 radical (unpaired) electrons. The minimum Gasteiger partial charge on any atom is -0.381 e. The fraction of sp³-hybridized carbons (Fsp3) is 0.647. The molecular weight excluding hydrogens is 334 g/mol. The van der Waals surface area contributed by atoms with E-state index < -0.39 is 0 Å². The third kappa shape index (κ3) is 6.99. The number of halogens is 2. The van der Waals surface area contributed by atoms with Gasteiger partial charge in [-0.3, -0.25) is 0 Å². The van der Waals surface area contributed by atoms with E-state index in [4.69, 9.17) is 11.6 Å². The van der Waals surface area contributed by atoms with Gasteiger partial charge in [-0.2, -0.15) is 0 Å². The maximum Gasteiger partial charge on any atom is 0.0648 e. The summed E-state index contributed by atoms with van der Waals surface area (Å²) in [6.45, 7) is 4.51. The van der Waals surface area contributed by atoms with Crippen LogP contribution < -0.4 is 5.32 Å². The number of nitrogens with one attached hydrogen (secondary N) is 1. The van der Waals surface area contributed by atoms with Gasteiger partial charge in [-0.1, -0.05) is 79.9 Å². The predicted octanol–water partition coefficient (Wildman–Crippen LogP) is 7.04. The Morgan fingerprint density at radius 1 is 1.05 bits per heavy atom. The third-order valence-electron chi connectivity index (χ3n) is 3.60. The van der Waals surface area contributed by atoms with Crippen LogP contribution in [-0.4, -0.2) is 6.04 Å². The summed E-state index contributed by atoms with van der Waals surface area (Å²) in [5.41, 5.74) is 1.06. The summed E-state index contributed by atoms with van der Waals surface area (Å²) < 4.78 is 1.03. The minimum absolute atomic E-state index is 0.548. The minimum atomic E-state index is 0.548. The Morgan fingerprint density at radius 2 is 1.65 bits per heavy atom. The Morgan fingerprint density at radius 3 is 2.15 bits per heavy atom. The van der Waals surface area contributed by atoms with Gasteiger partial charge in [0, 0.05) is 10.5 Å². The van der Waals surface area contributed by atoms with Gasteiger partial charge in [0.1, 0.15) is 0 Å². The summed E-state index contributed by atoms with van der Waals surface area (Å²) in [7, 11) is 0. The summed E-state index contributed by atoms with van der Waals surface area (Å²) in [4.78, 5) is 0. The summed E-state index contributed by atoms with van der Waals surface area (Å²) in [6.07, 6.45) is 10.3. The first kappa shape index (κ1) is 17.8. The van der Waals surface area contributed by atoms with Crippen LogP contribution in [0, 0.1) is 0 Å². The maximum absolute atomic E-state index is 6.30. The highest BCUT2D eigenvalue weighted by Crippen LogP contribution is 2.27. The van der Waals surface area contributed by atoms with Crippen molar-refractivity contribution in [3.05, 3.63) is 27.7 Å². The van der Waals surface area contributed by atoms with Crippen LogP contribution in [0.4, 0.5) is 5.69 Å². The number of hydrogen-bond acceptors (Lipinski definition) is 1. The number of rotatable bonds is 10. The molecule has 1 aromatic rings. The molecule has 0 aliphatic carbocycles. The molecule has 1 rings (SSSR count). The van der Waals surface area contributed by atoms with E-state index in [0.29, 0.717) is 6.04 Å². The monoisotopic (exact) mass is 359 g/mol. The van der Waals surface area contributed by atoms with Crippen molar-refractivity contribution in [3.63, 3.8) is 0 Å². The molecule has 0 aliphatic heterocycles. The molecule has 0 heterocycles. The SMILES string of the molecule is CCCCCC(CCCCC)Nc1ccc(Br)cc1Cl. The zero-order chi connectivity index (χ0) is 14.8. The average Bonchev–Trinajstić information content (AvgIpc) is 2.42. The summed E-state index contributed by atoms with van der Waals surface area (Å²) in [6, 6.07) is 6.62. The second-order valence-electron chi connectivity index (χ2n) is 5.46. The lowest BCUT2D eigenvalue weighted by molar-refractivity contribution is 0.526. The van der Waals surface area contributed by atoms with Crippen LogP contribution in [0.5, 0.6) is 0 Å². The lowest BCUT2D eigenvalue weighted by atomic mass is 10.0. The lowest BCUT2D eigenvalue weighted by Crippen LogP contribution is -2.19. The van der Waals surface area contributed by atoms with Gasteiger partial charge >= 0.3 is 0 Å². The van der Waals surface area contributed by atoms with E-state index >= 15 is 0 Å². The van der Waals surface area contributed by atoms with Crippen LogP contribution in [0.15, 0.2) is 22.7 Å². The van der Waals surface area contributed by atoms with Crippen molar-refractivity contribution in [2.75, 3.05) is 5.32 Å². The molecule has 3 heteroatoms. The van der Waals surface area contributed by atoms with Crippen LogP contribution in [0.2, 0.25) is 5.02 Å². The molecule has 0 amide bonds. The molecule has 0 fully saturated rings. The van der Waals surface area contributed by atoms with Gasteiger partial charge in [0.15, 0.2) is 0 Å². The number of benzene rings is 1. The van der Waals surface area contributed by atoms with Crippen LogP contribution in [0.3, 0.4) is 0 Å². The highest BCUT2D eigenvalue weighted by Gasteiger charge is 2.10. The lowest BCUT2D eigenvalue weighted by Gasteiger charge is -2.21. The molecule has 0 atom stereocenters. The quantitative estimate of drug-likeness (QED) is 0.441. The Kier molecular flexibility index (Phi) is 9.37. The number of hydrogen-bond donors (Lipinski definition) is 1. The smallest absolute Gasteiger partial charge is 0.0648 e. The molecular formula is C17H27BrClN. The van der Waals surface area contributed by atoms with E-state index in [1.165, 1.54) is 51.4 Å². The van der Waals surface area contributed by atoms with E-state index in [-0.39, 0.29) is 0 Å². The van der Waals surface area contributed by atoms with Crippen LogP contribution in [0.1, 0.15) is 65.2 Å². The standard InChI is InChI=1S/C17H27BrClN/c1-3-5-7-9-15(10-8-6-4-2)20-17-12-11-14(18)13-16(17)19/h11-13,15,20H,3-10H2,1-2H3. The Bertz CT molecular complexity index is 371. The van der Waals surface area contributed by atoms with Gasteiger partial charge in [-0.05, 0) is 31.0 Å². The summed E-state index contributed by atoms with van der Waals surface area (Å²) in [5, 5.41) is 4.44. The summed E-state index contributed by atoms with van der Waals surface area (Å²) in [5.74, 6) is 0. The van der Waals surface area contributed by atoms with E-state index in [9.17, 15) is 0 Å². The molecule has 0 saturated heterocycles. The van der Waals surface area contributed by atoms with E-state index in [1.54, 1.807) is 0 Å². The second kappa shape index (κ2) is 10.5. The van der Waals surface area contributed by atoms with Gasteiger partial charge < -0.3 is 5.32 Å². The van der Waals surface area contributed by atoms with Gasteiger partial charge in [0.2, 0.25) is 0 Å². The van der Waals surface area contributed by atoms with Crippen molar-refractivity contribution in [1.29, 1.82) is 0 Å². The molecule has 1 N–H and O–H groups in total. The first-order valence-corrected chi connectivity index (χ1v) is 9.06. The van der Waals surface area contributed by atoms with Crippen molar-refractivity contribution >= 4 is 33.2 Å². The fourth-order valence-electron chi connectivity index (χ4n) is 2.40. The van der Waals surface area contributed by atoms with Gasteiger partial charge in [0.25, 0.3) is 0 Å². The van der Waals surface area contributed by atoms with Crippen molar-refractivity contribution in [1.82, 2.24) is 0 Å². The number of unbranched alkanes of at least 4 members (excludes halogenated alkanes) is 4. The maximum atomic E-state index is 6.30. The van der Waals surface area contributed by atoms with Crippen LogP contribution in [0.25, 0.3) is 0 Å². The topological polar surface area (TPSA) is 12.0 Å². The van der Waals surface area contributed by atoms with Crippen molar-refractivity contribution in [2.45, 2.75) is 71.3 Å². The molecule has 0 spiro atoms. The predicted molar refractivity (Wildman–Crippen MR) is 94.8 cm³/mol. The molecule has 114 valence electrons. The van der Waals surface area contributed by atoms with Crippen molar-refractivity contribution in [2.24, 2.45) is 0 Å². The zero-order valence-corrected chi connectivity index (χ0v) is 15.1. The highest BCUT2D eigenvalue weighted by molar-refractivity contribution is 9.10. The molecule has 0 aliphatic rings. The molecule has 0 saturated carbocycles. The first-order chi connectivity index (χ1) is 9.67. The Hall–Kier alpha value is -0.210. The summed E-state index contributed by atoms with van der Waals surface area (Å²) >= 11 is 9.76. The van der Waals surface area contributed by atoms with Gasteiger partial charge in [-0.15, -0.1) is 0 Å². The van der Waals surface area contributed by atoms with E-state index in [1.807, 2.05) is 12.1 Å². The average molecular weight is 361 g/mol. The number of anilines is 1. The van der Waals surface area contributed by atoms with Crippen molar-refractivity contribution < 1.29 is 0 Å². The molecule has 0 bridgehead atoms.